The van der Waals surface area contributed by atoms with Crippen LogP contribution in [0.25, 0.3) is 10.8 Å². The molecule has 0 spiro atoms. The molecule has 2 aromatic carbocycles. The van der Waals surface area contributed by atoms with E-state index in [4.69, 9.17) is 4.74 Å². The molecule has 0 aliphatic rings. The zero-order chi connectivity index (χ0) is 16.9. The van der Waals surface area contributed by atoms with Crippen LogP contribution in [0, 0.1) is 0 Å². The van der Waals surface area contributed by atoms with Gasteiger partial charge in [0.25, 0.3) is 0 Å². The van der Waals surface area contributed by atoms with Crippen molar-refractivity contribution in [1.29, 1.82) is 0 Å². The van der Waals surface area contributed by atoms with Crippen LogP contribution in [0.15, 0.2) is 60.9 Å². The van der Waals surface area contributed by atoms with Gasteiger partial charge in [0.2, 0.25) is 5.91 Å². The van der Waals surface area contributed by atoms with Gasteiger partial charge in [-0.05, 0) is 35.4 Å². The van der Waals surface area contributed by atoms with Gasteiger partial charge in [-0.15, -0.1) is 0 Å². The topological polar surface area (TPSA) is 51.2 Å². The lowest BCUT2D eigenvalue weighted by Crippen LogP contribution is -2.27. The molecule has 4 heteroatoms. The number of ether oxygens (including phenoxy) is 1. The summed E-state index contributed by atoms with van der Waals surface area (Å²) in [4.78, 5) is 16.5. The molecular formula is C20H20N2O2. The van der Waals surface area contributed by atoms with Crippen molar-refractivity contribution in [3.05, 3.63) is 72.1 Å². The van der Waals surface area contributed by atoms with Crippen molar-refractivity contribution >= 4 is 16.7 Å². The lowest BCUT2D eigenvalue weighted by molar-refractivity contribution is -0.122. The normalized spacial score (nSPS) is 11.9. The number of pyridine rings is 1. The number of nitrogens with one attached hydrogen (secondary N) is 1. The van der Waals surface area contributed by atoms with Gasteiger partial charge in [-0.2, -0.15) is 0 Å². The predicted octanol–water partition coefficient (Wildman–Crippen LogP) is 3.66. The molecule has 0 saturated heterocycles. The van der Waals surface area contributed by atoms with E-state index in [2.05, 4.69) is 16.4 Å². The summed E-state index contributed by atoms with van der Waals surface area (Å²) in [6.45, 7) is 2.31. The first-order chi connectivity index (χ1) is 11.7. The maximum absolute atomic E-state index is 12.5. The average Bonchev–Trinajstić information content (AvgIpc) is 2.65. The molecule has 0 unspecified atom stereocenters. The monoisotopic (exact) mass is 320 g/mol. The molecule has 1 amide bonds. The van der Waals surface area contributed by atoms with Crippen molar-refractivity contribution < 1.29 is 9.53 Å². The number of hydrogen-bond donors (Lipinski definition) is 1. The second-order valence-corrected chi connectivity index (χ2v) is 5.69. The number of carbonyl (C=O) groups is 1. The number of nitrogens with zero attached hydrogens (tertiary/aromatic N) is 1. The number of fused-ring (bicyclic) bond motifs is 1. The number of aromatic nitrogens is 1. The van der Waals surface area contributed by atoms with E-state index in [-0.39, 0.29) is 11.8 Å². The summed E-state index contributed by atoms with van der Waals surface area (Å²) in [6.07, 6.45) is 3.43. The summed E-state index contributed by atoms with van der Waals surface area (Å²) in [6, 6.07) is 15.8. The van der Waals surface area contributed by atoms with Crippen molar-refractivity contribution in [2.24, 2.45) is 0 Å². The molecule has 24 heavy (non-hydrogen) atoms. The van der Waals surface area contributed by atoms with E-state index in [1.165, 1.54) is 0 Å². The standard InChI is InChI=1S/C20H20N2O2/c1-14(16-7-5-11-21-12-16)20(23)22-13-18-17-8-4-3-6-15(17)9-10-19(18)24-2/h3-12,14H,13H2,1-2H3,(H,22,23)/t14-/m0/s1. The minimum absolute atomic E-state index is 0.0296. The van der Waals surface area contributed by atoms with Gasteiger partial charge in [-0.1, -0.05) is 36.4 Å². The molecule has 1 atom stereocenters. The highest BCUT2D eigenvalue weighted by Gasteiger charge is 2.16. The van der Waals surface area contributed by atoms with Crippen molar-refractivity contribution in [2.45, 2.75) is 19.4 Å². The van der Waals surface area contributed by atoms with Gasteiger partial charge in [0.1, 0.15) is 5.75 Å². The molecule has 3 rings (SSSR count). The molecule has 0 fully saturated rings. The Morgan fingerprint density at radius 2 is 2.00 bits per heavy atom. The Hall–Kier alpha value is -2.88. The van der Waals surface area contributed by atoms with Crippen LogP contribution in [0.3, 0.4) is 0 Å². The van der Waals surface area contributed by atoms with Crippen LogP contribution in [0.2, 0.25) is 0 Å². The predicted molar refractivity (Wildman–Crippen MR) is 95.0 cm³/mol. The van der Waals surface area contributed by atoms with E-state index in [0.717, 1.165) is 27.6 Å². The SMILES string of the molecule is COc1ccc2ccccc2c1CNC(=O)[C@@H](C)c1cccnc1. The second kappa shape index (κ2) is 7.13. The minimum Gasteiger partial charge on any atom is -0.496 e. The third-order valence-electron chi connectivity index (χ3n) is 4.23. The summed E-state index contributed by atoms with van der Waals surface area (Å²) in [7, 11) is 1.65. The molecule has 4 nitrogen and oxygen atoms in total. The summed E-state index contributed by atoms with van der Waals surface area (Å²) in [5, 5.41) is 5.23. The Morgan fingerprint density at radius 1 is 1.17 bits per heavy atom. The van der Waals surface area contributed by atoms with E-state index in [1.54, 1.807) is 19.5 Å². The number of rotatable bonds is 5. The quantitative estimate of drug-likeness (QED) is 0.780. The molecule has 1 heterocycles. The highest BCUT2D eigenvalue weighted by Crippen LogP contribution is 2.28. The molecule has 1 aromatic heterocycles. The second-order valence-electron chi connectivity index (χ2n) is 5.69. The largest absolute Gasteiger partial charge is 0.496 e. The summed E-state index contributed by atoms with van der Waals surface area (Å²) < 4.78 is 5.47. The number of amides is 1. The van der Waals surface area contributed by atoms with E-state index in [9.17, 15) is 4.79 Å². The smallest absolute Gasteiger partial charge is 0.227 e. The van der Waals surface area contributed by atoms with Gasteiger partial charge in [-0.25, -0.2) is 0 Å². The first kappa shape index (κ1) is 16.0. The van der Waals surface area contributed by atoms with Gasteiger partial charge in [0.05, 0.1) is 13.0 Å². The molecule has 0 bridgehead atoms. The Labute approximate surface area is 141 Å². The Bertz CT molecular complexity index is 847. The number of methoxy groups -OCH3 is 1. The number of carbonyl (C=O) groups excluding carboxylic acids is 1. The fourth-order valence-electron chi connectivity index (χ4n) is 2.80. The molecular weight excluding hydrogens is 300 g/mol. The highest BCUT2D eigenvalue weighted by atomic mass is 16.5. The van der Waals surface area contributed by atoms with E-state index >= 15 is 0 Å². The maximum Gasteiger partial charge on any atom is 0.227 e. The fourth-order valence-corrected chi connectivity index (χ4v) is 2.80. The van der Waals surface area contributed by atoms with E-state index in [1.807, 2.05) is 49.4 Å². The Morgan fingerprint density at radius 3 is 2.75 bits per heavy atom. The first-order valence-electron chi connectivity index (χ1n) is 7.93. The summed E-state index contributed by atoms with van der Waals surface area (Å²) in [5.74, 6) is 0.501. The van der Waals surface area contributed by atoms with Crippen LogP contribution in [0.4, 0.5) is 0 Å². The number of hydrogen-bond acceptors (Lipinski definition) is 3. The van der Waals surface area contributed by atoms with Crippen LogP contribution in [0.1, 0.15) is 24.0 Å². The molecule has 0 saturated carbocycles. The maximum atomic E-state index is 12.5. The van der Waals surface area contributed by atoms with E-state index in [0.29, 0.717) is 6.54 Å². The van der Waals surface area contributed by atoms with Crippen LogP contribution in [-0.4, -0.2) is 18.0 Å². The highest BCUT2D eigenvalue weighted by molar-refractivity contribution is 5.89. The van der Waals surface area contributed by atoms with Gasteiger partial charge < -0.3 is 10.1 Å². The minimum atomic E-state index is -0.250. The third kappa shape index (κ3) is 3.23. The van der Waals surface area contributed by atoms with Crippen LogP contribution >= 0.6 is 0 Å². The van der Waals surface area contributed by atoms with Crippen molar-refractivity contribution in [3.8, 4) is 5.75 Å². The first-order valence-corrected chi connectivity index (χ1v) is 7.93. The van der Waals surface area contributed by atoms with Crippen LogP contribution in [-0.2, 0) is 11.3 Å². The summed E-state index contributed by atoms with van der Waals surface area (Å²) in [5.41, 5.74) is 1.89. The molecule has 122 valence electrons. The molecule has 0 aliphatic carbocycles. The van der Waals surface area contributed by atoms with Gasteiger partial charge >= 0.3 is 0 Å². The average molecular weight is 320 g/mol. The zero-order valence-electron chi connectivity index (χ0n) is 13.8. The Balaban J connectivity index is 1.81. The zero-order valence-corrected chi connectivity index (χ0v) is 13.8. The number of benzene rings is 2. The van der Waals surface area contributed by atoms with Gasteiger partial charge in [0, 0.05) is 24.5 Å². The Kier molecular flexibility index (Phi) is 4.75. The van der Waals surface area contributed by atoms with Gasteiger partial charge in [0.15, 0.2) is 0 Å². The molecule has 0 aliphatic heterocycles. The lowest BCUT2D eigenvalue weighted by atomic mass is 10.0. The molecule has 0 radical (unpaired) electrons. The summed E-state index contributed by atoms with van der Waals surface area (Å²) >= 11 is 0. The fraction of sp³-hybridized carbons (Fsp3) is 0.200. The lowest BCUT2D eigenvalue weighted by Gasteiger charge is -2.15. The van der Waals surface area contributed by atoms with Crippen molar-refractivity contribution in [3.63, 3.8) is 0 Å². The van der Waals surface area contributed by atoms with Crippen LogP contribution in [0.5, 0.6) is 5.75 Å². The third-order valence-corrected chi connectivity index (χ3v) is 4.23. The van der Waals surface area contributed by atoms with Crippen molar-refractivity contribution in [2.75, 3.05) is 7.11 Å². The molecule has 1 N–H and O–H groups in total. The molecule has 3 aromatic rings. The van der Waals surface area contributed by atoms with Gasteiger partial charge in [-0.3, -0.25) is 9.78 Å². The van der Waals surface area contributed by atoms with Crippen LogP contribution < -0.4 is 10.1 Å². The van der Waals surface area contributed by atoms with E-state index < -0.39 is 0 Å². The van der Waals surface area contributed by atoms with Crippen molar-refractivity contribution in [1.82, 2.24) is 10.3 Å².